The van der Waals surface area contributed by atoms with Crippen molar-refractivity contribution in [3.63, 3.8) is 0 Å². The number of aryl methyl sites for hydroxylation is 1. The van der Waals surface area contributed by atoms with E-state index < -0.39 is 17.6 Å². The fourth-order valence-electron chi connectivity index (χ4n) is 2.60. The molecule has 3 amide bonds. The number of carbonyl (C=O) groups excluding carboxylic acids is 3. The van der Waals surface area contributed by atoms with Crippen molar-refractivity contribution in [1.82, 2.24) is 10.2 Å². The van der Waals surface area contributed by atoms with Crippen LogP contribution in [-0.2, 0) is 19.1 Å². The Bertz CT molecular complexity index is 665. The van der Waals surface area contributed by atoms with Crippen LogP contribution in [0.15, 0.2) is 18.2 Å². The maximum atomic E-state index is 13.2. The summed E-state index contributed by atoms with van der Waals surface area (Å²) in [5.74, 6) is -1.84. The zero-order valence-corrected chi connectivity index (χ0v) is 14.3. The number of anilines is 1. The Morgan fingerprint density at radius 3 is 2.88 bits per heavy atom. The molecule has 2 rings (SSSR count). The van der Waals surface area contributed by atoms with Crippen LogP contribution in [0.5, 0.6) is 0 Å². The Hall–Kier alpha value is -2.48. The van der Waals surface area contributed by atoms with Crippen molar-refractivity contribution < 1.29 is 23.5 Å². The Morgan fingerprint density at radius 1 is 1.40 bits per heavy atom. The molecule has 0 bridgehead atoms. The van der Waals surface area contributed by atoms with Crippen LogP contribution in [0.3, 0.4) is 0 Å². The maximum Gasteiger partial charge on any atom is 0.243 e. The molecule has 1 aromatic rings. The summed E-state index contributed by atoms with van der Waals surface area (Å²) in [6.07, 6.45) is 0.125. The van der Waals surface area contributed by atoms with Gasteiger partial charge in [-0.3, -0.25) is 14.4 Å². The second kappa shape index (κ2) is 8.57. The Labute approximate surface area is 145 Å². The highest BCUT2D eigenvalue weighted by molar-refractivity contribution is 5.96. The number of halogens is 1. The number of rotatable bonds is 7. The van der Waals surface area contributed by atoms with Crippen LogP contribution in [0, 0.1) is 18.7 Å². The van der Waals surface area contributed by atoms with Gasteiger partial charge in [0.2, 0.25) is 17.7 Å². The molecular weight excluding hydrogens is 329 g/mol. The van der Waals surface area contributed by atoms with E-state index in [1.54, 1.807) is 25.0 Å². The number of hydrogen-bond acceptors (Lipinski definition) is 4. The smallest absolute Gasteiger partial charge is 0.243 e. The van der Waals surface area contributed by atoms with Crippen LogP contribution in [0.2, 0.25) is 0 Å². The predicted octanol–water partition coefficient (Wildman–Crippen LogP) is 0.684. The van der Waals surface area contributed by atoms with Crippen molar-refractivity contribution >= 4 is 23.4 Å². The van der Waals surface area contributed by atoms with Crippen LogP contribution >= 0.6 is 0 Å². The molecule has 0 saturated carbocycles. The van der Waals surface area contributed by atoms with E-state index in [1.807, 2.05) is 0 Å². The van der Waals surface area contributed by atoms with Gasteiger partial charge < -0.3 is 20.3 Å². The summed E-state index contributed by atoms with van der Waals surface area (Å²) in [6, 6.07) is 4.08. The molecule has 1 atom stereocenters. The summed E-state index contributed by atoms with van der Waals surface area (Å²) >= 11 is 0. The van der Waals surface area contributed by atoms with Gasteiger partial charge in [-0.25, -0.2) is 4.39 Å². The molecule has 0 aromatic heterocycles. The van der Waals surface area contributed by atoms with Crippen molar-refractivity contribution in [2.75, 3.05) is 38.7 Å². The van der Waals surface area contributed by atoms with Crippen LogP contribution in [0.25, 0.3) is 0 Å². The third-order valence-electron chi connectivity index (χ3n) is 4.05. The molecule has 2 N–H and O–H groups in total. The minimum Gasteiger partial charge on any atom is -0.383 e. The lowest BCUT2D eigenvalue weighted by molar-refractivity contribution is -0.129. The normalized spacial score (nSPS) is 16.8. The van der Waals surface area contributed by atoms with Crippen LogP contribution in [0.4, 0.5) is 10.1 Å². The van der Waals surface area contributed by atoms with E-state index in [4.69, 9.17) is 4.74 Å². The van der Waals surface area contributed by atoms with Crippen molar-refractivity contribution in [2.24, 2.45) is 5.92 Å². The number of likely N-dealkylation sites (tertiary alicyclic amines) is 1. The zero-order chi connectivity index (χ0) is 18.4. The van der Waals surface area contributed by atoms with Crippen molar-refractivity contribution in [2.45, 2.75) is 13.3 Å². The monoisotopic (exact) mass is 351 g/mol. The van der Waals surface area contributed by atoms with Gasteiger partial charge in [0.15, 0.2) is 0 Å². The number of nitrogens with one attached hydrogen (secondary N) is 2. The molecule has 8 heteroatoms. The third-order valence-corrected chi connectivity index (χ3v) is 4.05. The van der Waals surface area contributed by atoms with E-state index >= 15 is 0 Å². The summed E-state index contributed by atoms with van der Waals surface area (Å²) in [5, 5.41) is 5.08. The van der Waals surface area contributed by atoms with Crippen LogP contribution in [-0.4, -0.2) is 56.0 Å². The quantitative estimate of drug-likeness (QED) is 0.756. The summed E-state index contributed by atoms with van der Waals surface area (Å²) in [5.41, 5.74) is 1.08. The predicted molar refractivity (Wildman–Crippen MR) is 89.3 cm³/mol. The number of amides is 3. The maximum absolute atomic E-state index is 13.2. The van der Waals surface area contributed by atoms with Crippen molar-refractivity contribution in [3.05, 3.63) is 29.6 Å². The Morgan fingerprint density at radius 2 is 2.16 bits per heavy atom. The first-order chi connectivity index (χ1) is 11.9. The number of nitrogens with zero attached hydrogens (tertiary/aromatic N) is 1. The molecular formula is C17H22FN3O4. The van der Waals surface area contributed by atoms with Gasteiger partial charge >= 0.3 is 0 Å². The van der Waals surface area contributed by atoms with Gasteiger partial charge in [-0.05, 0) is 24.6 Å². The average Bonchev–Trinajstić information content (AvgIpc) is 2.95. The number of benzene rings is 1. The van der Waals surface area contributed by atoms with Gasteiger partial charge in [0, 0.05) is 32.3 Å². The van der Waals surface area contributed by atoms with E-state index in [-0.39, 0.29) is 24.8 Å². The lowest BCUT2D eigenvalue weighted by atomic mass is 10.1. The summed E-state index contributed by atoms with van der Waals surface area (Å²) in [7, 11) is 1.55. The first kappa shape index (κ1) is 18.9. The van der Waals surface area contributed by atoms with E-state index in [9.17, 15) is 18.8 Å². The fraction of sp³-hybridized carbons (Fsp3) is 0.471. The van der Waals surface area contributed by atoms with Gasteiger partial charge in [-0.1, -0.05) is 6.07 Å². The van der Waals surface area contributed by atoms with E-state index in [2.05, 4.69) is 10.6 Å². The van der Waals surface area contributed by atoms with Gasteiger partial charge in [0.1, 0.15) is 5.82 Å². The highest BCUT2D eigenvalue weighted by atomic mass is 19.1. The highest BCUT2D eigenvalue weighted by Crippen LogP contribution is 2.18. The number of ether oxygens (including phenoxy) is 1. The lowest BCUT2D eigenvalue weighted by Gasteiger charge is -2.15. The minimum atomic E-state index is -0.479. The molecule has 0 aliphatic carbocycles. The first-order valence-electron chi connectivity index (χ1n) is 8.01. The van der Waals surface area contributed by atoms with E-state index in [0.29, 0.717) is 25.4 Å². The second-order valence-electron chi connectivity index (χ2n) is 5.96. The molecule has 1 aromatic carbocycles. The zero-order valence-electron chi connectivity index (χ0n) is 14.3. The standard InChI is InChI=1S/C17H22FN3O4/c1-11-3-4-13(18)8-14(11)20-15(22)9-19-17(24)12-7-16(23)21(10-12)5-6-25-2/h3-4,8,12H,5-7,9-10H2,1-2H3,(H,19,24)(H,20,22). The van der Waals surface area contributed by atoms with E-state index in [1.165, 1.54) is 12.1 Å². The average molecular weight is 351 g/mol. The van der Waals surface area contributed by atoms with E-state index in [0.717, 1.165) is 5.56 Å². The molecule has 1 saturated heterocycles. The van der Waals surface area contributed by atoms with Crippen LogP contribution < -0.4 is 10.6 Å². The number of methoxy groups -OCH3 is 1. The van der Waals surface area contributed by atoms with Gasteiger partial charge in [-0.15, -0.1) is 0 Å². The fourth-order valence-corrected chi connectivity index (χ4v) is 2.60. The van der Waals surface area contributed by atoms with Gasteiger partial charge in [0.25, 0.3) is 0 Å². The number of carbonyl (C=O) groups is 3. The SMILES string of the molecule is COCCN1CC(C(=O)NCC(=O)Nc2cc(F)ccc2C)CC1=O. The van der Waals surface area contributed by atoms with Crippen molar-refractivity contribution in [3.8, 4) is 0 Å². The highest BCUT2D eigenvalue weighted by Gasteiger charge is 2.33. The molecule has 136 valence electrons. The molecule has 0 spiro atoms. The van der Waals surface area contributed by atoms with Gasteiger partial charge in [-0.2, -0.15) is 0 Å². The minimum absolute atomic E-state index is 0.1000. The molecule has 1 heterocycles. The lowest BCUT2D eigenvalue weighted by Crippen LogP contribution is -2.38. The summed E-state index contributed by atoms with van der Waals surface area (Å²) < 4.78 is 18.1. The second-order valence-corrected chi connectivity index (χ2v) is 5.96. The largest absolute Gasteiger partial charge is 0.383 e. The van der Waals surface area contributed by atoms with Gasteiger partial charge in [0.05, 0.1) is 19.1 Å². The molecule has 0 radical (unpaired) electrons. The number of hydrogen-bond donors (Lipinski definition) is 2. The van der Waals surface area contributed by atoms with Crippen LogP contribution in [0.1, 0.15) is 12.0 Å². The molecule has 25 heavy (non-hydrogen) atoms. The molecule has 7 nitrogen and oxygen atoms in total. The molecule has 1 aliphatic rings. The Balaban J connectivity index is 1.80. The third kappa shape index (κ3) is 5.25. The molecule has 1 fully saturated rings. The first-order valence-corrected chi connectivity index (χ1v) is 8.01. The van der Waals surface area contributed by atoms with Crippen molar-refractivity contribution in [1.29, 1.82) is 0 Å². The summed E-state index contributed by atoms with van der Waals surface area (Å²) in [6.45, 7) is 2.68. The Kier molecular flexibility index (Phi) is 6.46. The molecule has 1 unspecified atom stereocenters. The summed E-state index contributed by atoms with van der Waals surface area (Å²) in [4.78, 5) is 37.4. The topological polar surface area (TPSA) is 87.7 Å². The molecule has 1 aliphatic heterocycles.